The maximum absolute atomic E-state index is 6.94. The van der Waals surface area contributed by atoms with Crippen LogP contribution >= 0.6 is 0 Å². The third kappa shape index (κ3) is 111. The summed E-state index contributed by atoms with van der Waals surface area (Å²) in [4.78, 5) is 0. The van der Waals surface area contributed by atoms with Gasteiger partial charge < -0.3 is 5.73 Å². The van der Waals surface area contributed by atoms with Crippen LogP contribution in [0.2, 0.25) is 0 Å². The smallest absolute Gasteiger partial charge is 0 e. The molecule has 3 heteroatoms. The molecule has 0 aromatic heterocycles. The molecule has 0 saturated carbocycles. The van der Waals surface area contributed by atoms with Crippen LogP contribution in [0.5, 0.6) is 0 Å². The van der Waals surface area contributed by atoms with Crippen LogP contribution in [0.3, 0.4) is 0 Å². The Morgan fingerprint density at radius 2 is 1.00 bits per heavy atom. The first kappa shape index (κ1) is 15.8. The van der Waals surface area contributed by atoms with E-state index in [9.17, 15) is 0 Å². The molecule has 0 bridgehead atoms. The zero-order valence-electron chi connectivity index (χ0n) is 5.00. The number of rotatable bonds is 0. The van der Waals surface area contributed by atoms with Gasteiger partial charge in [0.2, 0.25) is 0 Å². The first-order valence-corrected chi connectivity index (χ1v) is 1.75. The summed E-state index contributed by atoms with van der Waals surface area (Å²) in [5.74, 6) is 0. The molecule has 0 aromatic rings. The van der Waals surface area contributed by atoms with Crippen molar-refractivity contribution in [3.63, 3.8) is 0 Å². The van der Waals surface area contributed by atoms with Crippen molar-refractivity contribution in [1.82, 2.24) is 0 Å². The number of hydrogen-bond donors (Lipinski definition) is 0. The average Bonchev–Trinajstić information content (AvgIpc) is 0.722. The van der Waals surface area contributed by atoms with Crippen molar-refractivity contribution in [2.75, 3.05) is 0 Å². The van der Waals surface area contributed by atoms with E-state index in [1.54, 1.807) is 0 Å². The minimum atomic E-state index is -0.250. The SMILES string of the molecule is CC(C)(C)[NH-].[Ti].[Ti]. The summed E-state index contributed by atoms with van der Waals surface area (Å²) in [7, 11) is 0. The Kier molecular flexibility index (Phi) is 12.4. The van der Waals surface area contributed by atoms with Crippen LogP contribution in [0, 0.1) is 0 Å². The van der Waals surface area contributed by atoms with Crippen molar-refractivity contribution in [2.45, 2.75) is 26.3 Å². The van der Waals surface area contributed by atoms with E-state index in [1.807, 2.05) is 20.8 Å². The Labute approximate surface area is 75.2 Å². The van der Waals surface area contributed by atoms with E-state index < -0.39 is 0 Å². The third-order valence-corrected chi connectivity index (χ3v) is 0. The second-order valence-electron chi connectivity index (χ2n) is 2.25. The van der Waals surface area contributed by atoms with E-state index in [0.29, 0.717) is 0 Å². The largest absolute Gasteiger partial charge is 0.673 e. The molecule has 0 saturated heterocycles. The standard InChI is InChI=1S/C4H10N.2Ti/c1-4(2,3)5;;/h5H,1-3H3;;/q-1;;. The fourth-order valence-electron chi connectivity index (χ4n) is 0. The molecule has 40 valence electrons. The van der Waals surface area contributed by atoms with Gasteiger partial charge in [-0.3, -0.25) is 0 Å². The van der Waals surface area contributed by atoms with Crippen LogP contribution in [0.4, 0.5) is 0 Å². The summed E-state index contributed by atoms with van der Waals surface area (Å²) in [5, 5.41) is 0. The molecule has 0 heterocycles. The Morgan fingerprint density at radius 3 is 1.00 bits per heavy atom. The fraction of sp³-hybridized carbons (Fsp3) is 1.00. The van der Waals surface area contributed by atoms with Crippen molar-refractivity contribution >= 4 is 0 Å². The van der Waals surface area contributed by atoms with Crippen LogP contribution in [-0.4, -0.2) is 5.54 Å². The van der Waals surface area contributed by atoms with Gasteiger partial charge in [-0.1, -0.05) is 20.8 Å². The molecule has 0 radical (unpaired) electrons. The summed E-state index contributed by atoms with van der Waals surface area (Å²) in [6.07, 6.45) is 0. The molecule has 0 unspecified atom stereocenters. The van der Waals surface area contributed by atoms with Crippen molar-refractivity contribution in [3.8, 4) is 0 Å². The molecule has 0 atom stereocenters. The molecule has 0 aliphatic rings. The molecular formula is C4H10NTi2-. The van der Waals surface area contributed by atoms with Crippen molar-refractivity contribution in [2.24, 2.45) is 0 Å². The second kappa shape index (κ2) is 5.52. The van der Waals surface area contributed by atoms with Gasteiger partial charge in [0, 0.05) is 43.4 Å². The maximum atomic E-state index is 6.94. The molecule has 0 aliphatic heterocycles. The summed E-state index contributed by atoms with van der Waals surface area (Å²) in [6, 6.07) is 0. The molecule has 0 rings (SSSR count). The van der Waals surface area contributed by atoms with E-state index in [0.717, 1.165) is 0 Å². The van der Waals surface area contributed by atoms with Gasteiger partial charge in [0.1, 0.15) is 0 Å². The molecule has 0 aliphatic carbocycles. The molecular weight excluding hydrogens is 158 g/mol. The zero-order chi connectivity index (χ0) is 4.50. The minimum absolute atomic E-state index is 0. The minimum Gasteiger partial charge on any atom is -0.673 e. The summed E-state index contributed by atoms with van der Waals surface area (Å²) >= 11 is 0. The molecule has 7 heavy (non-hydrogen) atoms. The van der Waals surface area contributed by atoms with Crippen LogP contribution in [0.1, 0.15) is 20.8 Å². The predicted molar refractivity (Wildman–Crippen MR) is 24.1 cm³/mol. The van der Waals surface area contributed by atoms with Gasteiger partial charge in [-0.2, -0.15) is 0 Å². The maximum Gasteiger partial charge on any atom is 0 e. The summed E-state index contributed by atoms with van der Waals surface area (Å²) < 4.78 is 0. The van der Waals surface area contributed by atoms with Gasteiger partial charge in [-0.15, -0.1) is 5.54 Å². The van der Waals surface area contributed by atoms with Gasteiger partial charge in [0.15, 0.2) is 0 Å². The van der Waals surface area contributed by atoms with E-state index in [1.165, 1.54) is 0 Å². The molecule has 0 spiro atoms. The van der Waals surface area contributed by atoms with E-state index in [4.69, 9.17) is 5.73 Å². The van der Waals surface area contributed by atoms with Gasteiger partial charge in [0.05, 0.1) is 0 Å². The fourth-order valence-corrected chi connectivity index (χ4v) is 0. The average molecular weight is 168 g/mol. The Hall–Kier alpha value is 1.39. The Morgan fingerprint density at radius 1 is 1.00 bits per heavy atom. The van der Waals surface area contributed by atoms with Gasteiger partial charge >= 0.3 is 0 Å². The van der Waals surface area contributed by atoms with E-state index in [-0.39, 0.29) is 49.0 Å². The second-order valence-corrected chi connectivity index (χ2v) is 2.25. The zero-order valence-corrected chi connectivity index (χ0v) is 8.12. The topological polar surface area (TPSA) is 23.8 Å². The quantitative estimate of drug-likeness (QED) is 0.492. The molecule has 1 N–H and O–H groups in total. The van der Waals surface area contributed by atoms with Crippen molar-refractivity contribution in [1.29, 1.82) is 0 Å². The third-order valence-electron chi connectivity index (χ3n) is 0. The summed E-state index contributed by atoms with van der Waals surface area (Å²) in [6.45, 7) is 5.56. The Bertz CT molecular complexity index is 25.2. The van der Waals surface area contributed by atoms with Gasteiger partial charge in [0.25, 0.3) is 0 Å². The molecule has 1 nitrogen and oxygen atoms in total. The van der Waals surface area contributed by atoms with Gasteiger partial charge in [-0.05, 0) is 0 Å². The van der Waals surface area contributed by atoms with Crippen molar-refractivity contribution in [3.05, 3.63) is 5.73 Å². The first-order chi connectivity index (χ1) is 2.00. The van der Waals surface area contributed by atoms with Crippen LogP contribution < -0.4 is 0 Å². The van der Waals surface area contributed by atoms with E-state index in [2.05, 4.69) is 0 Å². The van der Waals surface area contributed by atoms with Crippen LogP contribution in [-0.2, 0) is 43.4 Å². The van der Waals surface area contributed by atoms with Gasteiger partial charge in [-0.25, -0.2) is 0 Å². The van der Waals surface area contributed by atoms with Crippen molar-refractivity contribution < 1.29 is 43.4 Å². The first-order valence-electron chi connectivity index (χ1n) is 1.75. The van der Waals surface area contributed by atoms with Crippen LogP contribution in [0.15, 0.2) is 0 Å². The number of nitrogens with one attached hydrogen (secondary N) is 1. The molecule has 0 aromatic carbocycles. The summed E-state index contributed by atoms with van der Waals surface area (Å²) in [5.41, 5.74) is 6.69. The van der Waals surface area contributed by atoms with E-state index >= 15 is 0 Å². The monoisotopic (exact) mass is 168 g/mol. The Balaban J connectivity index is -0.0000000800. The number of hydrogen-bond acceptors (Lipinski definition) is 0. The normalized spacial score (nSPS) is 8.57. The molecule has 0 amide bonds. The predicted octanol–water partition coefficient (Wildman–Crippen LogP) is 1.83. The molecule has 0 fully saturated rings. The van der Waals surface area contributed by atoms with Crippen LogP contribution in [0.25, 0.3) is 5.73 Å².